The molecular weight excluding hydrogens is 230 g/mol. The van der Waals surface area contributed by atoms with Crippen molar-refractivity contribution in [3.63, 3.8) is 0 Å². The Morgan fingerprint density at radius 2 is 1.83 bits per heavy atom. The maximum absolute atomic E-state index is 12.1. The van der Waals surface area contributed by atoms with Gasteiger partial charge in [0.05, 0.1) is 18.6 Å². The van der Waals surface area contributed by atoms with Gasteiger partial charge in [0.2, 0.25) is 0 Å². The van der Waals surface area contributed by atoms with Crippen LogP contribution < -0.4 is 5.32 Å². The van der Waals surface area contributed by atoms with Crippen LogP contribution in [0.2, 0.25) is 0 Å². The topological polar surface area (TPSA) is 58.6 Å². The van der Waals surface area contributed by atoms with E-state index in [9.17, 15) is 4.79 Å². The first-order valence-corrected chi connectivity index (χ1v) is 6.61. The van der Waals surface area contributed by atoms with E-state index < -0.39 is 5.41 Å². The molecule has 0 radical (unpaired) electrons. The van der Waals surface area contributed by atoms with Gasteiger partial charge in [0.25, 0.3) is 0 Å². The van der Waals surface area contributed by atoms with E-state index in [1.165, 1.54) is 0 Å². The molecule has 4 nitrogen and oxygen atoms in total. The molecule has 0 aromatic heterocycles. The molecule has 0 aliphatic carbocycles. The molecule has 0 heterocycles. The first-order chi connectivity index (χ1) is 8.13. The van der Waals surface area contributed by atoms with Crippen LogP contribution in [0, 0.1) is 16.7 Å². The van der Waals surface area contributed by atoms with Crippen molar-refractivity contribution < 1.29 is 14.6 Å². The van der Waals surface area contributed by atoms with Crippen LogP contribution in [0.5, 0.6) is 0 Å². The third-order valence-electron chi connectivity index (χ3n) is 3.67. The molecule has 0 amide bonds. The van der Waals surface area contributed by atoms with Gasteiger partial charge in [-0.15, -0.1) is 0 Å². The number of carbonyl (C=O) groups excluding carboxylic acids is 1. The van der Waals surface area contributed by atoms with Crippen LogP contribution in [-0.2, 0) is 9.53 Å². The summed E-state index contributed by atoms with van der Waals surface area (Å²) in [5.41, 5.74) is -0.617. The van der Waals surface area contributed by atoms with Gasteiger partial charge >= 0.3 is 5.97 Å². The monoisotopic (exact) mass is 259 g/mol. The Kier molecular flexibility index (Phi) is 6.86. The quantitative estimate of drug-likeness (QED) is 0.541. The van der Waals surface area contributed by atoms with Crippen LogP contribution in [0.15, 0.2) is 0 Å². The highest BCUT2D eigenvalue weighted by Crippen LogP contribution is 2.38. The van der Waals surface area contributed by atoms with E-state index in [2.05, 4.69) is 5.32 Å². The fourth-order valence-corrected chi connectivity index (χ4v) is 1.19. The SMILES string of the molecule is CC(CNCCO)COC(=O)C(C)(C)C(C)(C)C. The molecule has 0 aliphatic heterocycles. The van der Waals surface area contributed by atoms with Gasteiger partial charge in [0.15, 0.2) is 0 Å². The number of carbonyl (C=O) groups is 1. The second kappa shape index (κ2) is 7.10. The molecule has 4 heteroatoms. The number of aliphatic hydroxyl groups excluding tert-OH is 1. The molecule has 0 aliphatic rings. The van der Waals surface area contributed by atoms with Crippen molar-refractivity contribution in [2.24, 2.45) is 16.7 Å². The fourth-order valence-electron chi connectivity index (χ4n) is 1.19. The molecular formula is C14H29NO3. The van der Waals surface area contributed by atoms with Crippen LogP contribution in [0.1, 0.15) is 41.5 Å². The zero-order chi connectivity index (χ0) is 14.4. The number of nitrogens with one attached hydrogen (secondary N) is 1. The lowest BCUT2D eigenvalue weighted by molar-refractivity contribution is -0.161. The predicted octanol–water partition coefficient (Wildman–Crippen LogP) is 1.82. The first-order valence-electron chi connectivity index (χ1n) is 6.61. The van der Waals surface area contributed by atoms with Crippen molar-refractivity contribution >= 4 is 5.97 Å². The molecule has 0 spiro atoms. The summed E-state index contributed by atoms with van der Waals surface area (Å²) in [6.45, 7) is 13.8. The Labute approximate surface area is 111 Å². The normalized spacial score (nSPS) is 14.4. The van der Waals surface area contributed by atoms with E-state index in [4.69, 9.17) is 9.84 Å². The lowest BCUT2D eigenvalue weighted by Gasteiger charge is -2.36. The molecule has 1 unspecified atom stereocenters. The third kappa shape index (κ3) is 5.36. The van der Waals surface area contributed by atoms with Crippen LogP contribution in [-0.4, -0.2) is 37.4 Å². The van der Waals surface area contributed by atoms with E-state index >= 15 is 0 Å². The van der Waals surface area contributed by atoms with Crippen LogP contribution >= 0.6 is 0 Å². The minimum atomic E-state index is -0.495. The van der Waals surface area contributed by atoms with Crippen molar-refractivity contribution in [1.29, 1.82) is 0 Å². The Hall–Kier alpha value is -0.610. The fraction of sp³-hybridized carbons (Fsp3) is 0.929. The van der Waals surface area contributed by atoms with Gasteiger partial charge in [-0.05, 0) is 19.3 Å². The van der Waals surface area contributed by atoms with E-state index in [1.807, 2.05) is 41.5 Å². The van der Waals surface area contributed by atoms with Gasteiger partial charge in [-0.1, -0.05) is 27.7 Å². The molecule has 0 aromatic carbocycles. The number of hydrogen-bond acceptors (Lipinski definition) is 4. The van der Waals surface area contributed by atoms with Gasteiger partial charge in [-0.2, -0.15) is 0 Å². The molecule has 1 atom stereocenters. The van der Waals surface area contributed by atoms with Gasteiger partial charge in [0.1, 0.15) is 0 Å². The van der Waals surface area contributed by atoms with Crippen LogP contribution in [0.4, 0.5) is 0 Å². The van der Waals surface area contributed by atoms with Crippen molar-refractivity contribution in [2.45, 2.75) is 41.5 Å². The number of ether oxygens (including phenoxy) is 1. The van der Waals surface area contributed by atoms with Crippen molar-refractivity contribution in [3.8, 4) is 0 Å². The average Bonchev–Trinajstić information content (AvgIpc) is 2.24. The molecule has 0 rings (SSSR count). The van der Waals surface area contributed by atoms with E-state index in [-0.39, 0.29) is 23.9 Å². The van der Waals surface area contributed by atoms with E-state index in [0.717, 1.165) is 6.54 Å². The van der Waals surface area contributed by atoms with Crippen LogP contribution in [0.25, 0.3) is 0 Å². The molecule has 0 aromatic rings. The summed E-state index contributed by atoms with van der Waals surface area (Å²) in [5.74, 6) is 0.0975. The summed E-state index contributed by atoms with van der Waals surface area (Å²) >= 11 is 0. The lowest BCUT2D eigenvalue weighted by Crippen LogP contribution is -2.40. The molecule has 0 saturated heterocycles. The molecule has 0 bridgehead atoms. The zero-order valence-electron chi connectivity index (χ0n) is 12.7. The largest absolute Gasteiger partial charge is 0.465 e. The molecule has 18 heavy (non-hydrogen) atoms. The summed E-state index contributed by atoms with van der Waals surface area (Å²) in [7, 11) is 0. The highest BCUT2D eigenvalue weighted by molar-refractivity contribution is 5.76. The highest BCUT2D eigenvalue weighted by atomic mass is 16.5. The van der Waals surface area contributed by atoms with Gasteiger partial charge in [0, 0.05) is 19.0 Å². The summed E-state index contributed by atoms with van der Waals surface area (Å²) < 4.78 is 5.38. The van der Waals surface area contributed by atoms with E-state index in [0.29, 0.717) is 13.2 Å². The maximum Gasteiger partial charge on any atom is 0.312 e. The Balaban J connectivity index is 4.10. The number of rotatable bonds is 7. The van der Waals surface area contributed by atoms with E-state index in [1.54, 1.807) is 0 Å². The van der Waals surface area contributed by atoms with Gasteiger partial charge in [-0.3, -0.25) is 4.79 Å². The zero-order valence-corrected chi connectivity index (χ0v) is 12.7. The van der Waals surface area contributed by atoms with Crippen molar-refractivity contribution in [1.82, 2.24) is 5.32 Å². The second-order valence-corrected chi connectivity index (χ2v) is 6.51. The molecule has 0 saturated carbocycles. The third-order valence-corrected chi connectivity index (χ3v) is 3.67. The number of aliphatic hydroxyl groups is 1. The lowest BCUT2D eigenvalue weighted by atomic mass is 9.69. The molecule has 0 fully saturated rings. The second-order valence-electron chi connectivity index (χ2n) is 6.51. The Morgan fingerprint density at radius 3 is 2.28 bits per heavy atom. The first kappa shape index (κ1) is 17.4. The van der Waals surface area contributed by atoms with Gasteiger partial charge < -0.3 is 15.2 Å². The summed E-state index contributed by atoms with van der Waals surface area (Å²) in [4.78, 5) is 12.1. The summed E-state index contributed by atoms with van der Waals surface area (Å²) in [6, 6.07) is 0. The summed E-state index contributed by atoms with van der Waals surface area (Å²) in [6.07, 6.45) is 0. The Bertz CT molecular complexity index is 256. The molecule has 2 N–H and O–H groups in total. The average molecular weight is 259 g/mol. The number of hydrogen-bond donors (Lipinski definition) is 2. The number of esters is 1. The highest BCUT2D eigenvalue weighted by Gasteiger charge is 2.41. The van der Waals surface area contributed by atoms with Crippen molar-refractivity contribution in [3.05, 3.63) is 0 Å². The minimum absolute atomic E-state index is 0.123. The van der Waals surface area contributed by atoms with Gasteiger partial charge in [-0.25, -0.2) is 0 Å². The maximum atomic E-state index is 12.1. The predicted molar refractivity (Wildman–Crippen MR) is 73.3 cm³/mol. The summed E-state index contributed by atoms with van der Waals surface area (Å²) in [5, 5.41) is 11.7. The minimum Gasteiger partial charge on any atom is -0.465 e. The standard InChI is InChI=1S/C14H29NO3/c1-11(9-15-7-8-16)10-18-12(17)14(5,6)13(2,3)4/h11,15-16H,7-10H2,1-6H3. The van der Waals surface area contributed by atoms with Crippen molar-refractivity contribution in [2.75, 3.05) is 26.3 Å². The molecule has 108 valence electrons. The Morgan fingerprint density at radius 1 is 1.28 bits per heavy atom. The smallest absolute Gasteiger partial charge is 0.312 e. The van der Waals surface area contributed by atoms with Crippen LogP contribution in [0.3, 0.4) is 0 Å².